The van der Waals surface area contributed by atoms with Gasteiger partial charge in [-0.25, -0.2) is 56.0 Å². The van der Waals surface area contributed by atoms with Gasteiger partial charge in [0.1, 0.15) is 0 Å². The van der Waals surface area contributed by atoms with E-state index in [0.29, 0.717) is 72.5 Å². The maximum Gasteiger partial charge on any atom is 2.00 e. The third-order valence-corrected chi connectivity index (χ3v) is 28.7. The Hall–Kier alpha value is 1.09. The largest absolute Gasteiger partial charge is 2.00 e. The van der Waals surface area contributed by atoms with Gasteiger partial charge in [-0.2, -0.15) is 14.0 Å². The minimum atomic E-state index is -4.69. The van der Waals surface area contributed by atoms with Crippen molar-refractivity contribution in [3.8, 4) is 0 Å². The molecule has 62 heavy (non-hydrogen) atoms. The Kier molecular flexibility index (Phi) is 14.4. The Labute approximate surface area is 383 Å². The molecule has 24 unspecified atom stereocenters. The normalized spacial score (nSPS) is 54.3. The fourth-order valence-electron chi connectivity index (χ4n) is 8.81. The molecule has 361 valence electrons. The molecule has 26 heteroatoms. The quantitative estimate of drug-likeness (QED) is 0.163. The third-order valence-electron chi connectivity index (χ3n) is 13.9. The minimum Gasteiger partial charge on any atom is -0.270 e. The van der Waals surface area contributed by atoms with Crippen LogP contribution in [0.5, 0.6) is 0 Å². The van der Waals surface area contributed by atoms with Gasteiger partial charge in [0.15, 0.2) is 0 Å². The predicted octanol–water partition coefficient (Wildman–Crippen LogP) is 0.701. The molecule has 1 N–H and O–H groups in total. The Bertz CT molecular complexity index is 1460. The van der Waals surface area contributed by atoms with Crippen LogP contribution in [0.3, 0.4) is 0 Å². The van der Waals surface area contributed by atoms with Crippen LogP contribution in [0.4, 0.5) is 0 Å². The van der Waals surface area contributed by atoms with Crippen molar-refractivity contribution in [1.82, 2.24) is 56.0 Å². The molecule has 0 aromatic rings. The van der Waals surface area contributed by atoms with E-state index in [1.807, 2.05) is 0 Å². The smallest absolute Gasteiger partial charge is 0.270 e. The molecule has 12 rings (SSSR count). The van der Waals surface area contributed by atoms with E-state index in [-0.39, 0.29) is 17.1 Å². The van der Waals surface area contributed by atoms with Gasteiger partial charge in [-0.05, 0) is 83.1 Å². The van der Waals surface area contributed by atoms with Crippen LogP contribution in [-0.2, 0) is 35.3 Å². The van der Waals surface area contributed by atoms with Crippen molar-refractivity contribution >= 4 is 30.4 Å². The van der Waals surface area contributed by atoms with Gasteiger partial charge in [-0.3, -0.25) is 18.3 Å². The van der Waals surface area contributed by atoms with E-state index in [0.717, 1.165) is 78.5 Å². The number of rotatable bonds is 12. The molecular formula is C36H73ClCuN12O8P4+2. The van der Waals surface area contributed by atoms with E-state index in [9.17, 15) is 18.3 Å². The Morgan fingerprint density at radius 1 is 0.306 bits per heavy atom. The summed E-state index contributed by atoms with van der Waals surface area (Å²) in [6.07, 6.45) is 0. The van der Waals surface area contributed by atoms with Crippen molar-refractivity contribution in [2.24, 2.45) is 0 Å². The molecule has 0 bridgehead atoms. The van der Waals surface area contributed by atoms with E-state index in [1.165, 1.54) is 0 Å². The number of hydrogen-bond acceptors (Lipinski definition) is 8. The van der Waals surface area contributed by atoms with Crippen molar-refractivity contribution in [3.05, 3.63) is 0 Å². The number of halogens is 1. The van der Waals surface area contributed by atoms with Crippen LogP contribution in [0, 0.1) is 10.2 Å². The van der Waals surface area contributed by atoms with Crippen LogP contribution >= 0.6 is 30.4 Å². The molecule has 0 aromatic carbocycles. The summed E-state index contributed by atoms with van der Waals surface area (Å²) in [7, 11) is -13.8. The Morgan fingerprint density at radius 3 is 0.387 bits per heavy atom. The Morgan fingerprint density at radius 2 is 0.355 bits per heavy atom. The SMILES string of the molecule is CC1CN1P(=O)(N1CC1C)N1CC1C.CC1CN1P(=O)(N1CC1C)N1CC1C.CC1CN1P(=O)(N1CC1C)N1CC1C.CC1CN1P(=O)(N1CC1C)N1CC1C.[Cu+2].[O-][Cl+3]([O-])([O-])O. The first kappa shape index (κ1) is 51.0. The van der Waals surface area contributed by atoms with E-state index in [4.69, 9.17) is 18.6 Å². The standard InChI is InChI=1S/4C9H18N3OP.ClHO4.Cu/c4*1-7-4-10(7)14(13,11-5-8(11)2)12-6-9(12)3;2-1(3,4)5;/h4*7-9H,4-6H2,1-3H3;(H,2,3,4,5);/q;;;;;+2. The fraction of sp³-hybridized carbons (Fsp3) is 1.00. The van der Waals surface area contributed by atoms with Gasteiger partial charge >= 0.3 is 17.1 Å². The summed E-state index contributed by atoms with van der Waals surface area (Å²) in [6, 6.07) is 6.35. The van der Waals surface area contributed by atoms with Crippen molar-refractivity contribution in [2.75, 3.05) is 78.5 Å². The zero-order valence-corrected chi connectivity index (χ0v) is 43.8. The molecular weight excluding hydrogens is 951 g/mol. The Balaban J connectivity index is 0.000000119. The molecule has 0 saturated carbocycles. The van der Waals surface area contributed by atoms with Crippen molar-refractivity contribution in [1.29, 1.82) is 0 Å². The number of hydrogen-bond donors (Lipinski definition) is 1. The van der Waals surface area contributed by atoms with Gasteiger partial charge in [0.2, 0.25) is 0 Å². The molecule has 0 aliphatic carbocycles. The molecule has 0 amide bonds. The van der Waals surface area contributed by atoms with Gasteiger partial charge in [0, 0.05) is 151 Å². The minimum absolute atomic E-state index is 0. The fourth-order valence-corrected chi connectivity index (χ4v) is 23.9. The van der Waals surface area contributed by atoms with Crippen molar-refractivity contribution < 1.29 is 64.2 Å². The van der Waals surface area contributed by atoms with Crippen LogP contribution in [0.25, 0.3) is 0 Å². The van der Waals surface area contributed by atoms with Gasteiger partial charge in [-0.15, -0.1) is 0 Å². The molecule has 0 spiro atoms. The second-order valence-electron chi connectivity index (χ2n) is 20.1. The first-order valence-corrected chi connectivity index (χ1v) is 30.0. The second kappa shape index (κ2) is 17.5. The van der Waals surface area contributed by atoms with Crippen LogP contribution in [0.1, 0.15) is 83.1 Å². The van der Waals surface area contributed by atoms with Crippen LogP contribution in [-0.4, -0.2) is 212 Å². The monoisotopic (exact) mass is 1020 g/mol. The number of nitrogens with zero attached hydrogens (tertiary/aromatic N) is 12. The molecule has 24 atom stereocenters. The average molecular weight is 1020 g/mol. The van der Waals surface area contributed by atoms with E-state index < -0.39 is 40.6 Å². The topological polar surface area (TPSA) is 194 Å². The molecule has 1 radical (unpaired) electrons. The average Bonchev–Trinajstić information content (AvgIpc) is 3.92. The summed E-state index contributed by atoms with van der Waals surface area (Å²) in [5.41, 5.74) is 0. The van der Waals surface area contributed by atoms with Crippen LogP contribution in [0.15, 0.2) is 0 Å². The molecule has 12 fully saturated rings. The summed E-state index contributed by atoms with van der Waals surface area (Å²) in [5, 5.41) is 0. The first-order chi connectivity index (χ1) is 28.2. The summed E-state index contributed by atoms with van der Waals surface area (Å²) >= 11 is 0. The van der Waals surface area contributed by atoms with Crippen LogP contribution < -0.4 is 14.0 Å². The van der Waals surface area contributed by atoms with E-state index >= 15 is 0 Å². The third kappa shape index (κ3) is 10.5. The van der Waals surface area contributed by atoms with Gasteiger partial charge in [0.25, 0.3) is 30.4 Å². The van der Waals surface area contributed by atoms with Gasteiger partial charge in [-0.1, -0.05) is 0 Å². The van der Waals surface area contributed by atoms with E-state index in [1.54, 1.807) is 0 Å². The molecule has 12 aliphatic heterocycles. The summed E-state index contributed by atoms with van der Waals surface area (Å²) < 4.78 is 111. The molecule has 12 heterocycles. The zero-order chi connectivity index (χ0) is 44.8. The molecule has 20 nitrogen and oxygen atoms in total. The molecule has 12 saturated heterocycles. The van der Waals surface area contributed by atoms with Gasteiger partial charge < -0.3 is 0 Å². The van der Waals surface area contributed by atoms with Crippen molar-refractivity contribution in [3.63, 3.8) is 0 Å². The zero-order valence-electron chi connectivity index (χ0n) is 38.6. The first-order valence-electron chi connectivity index (χ1n) is 22.5. The maximum absolute atomic E-state index is 12.9. The van der Waals surface area contributed by atoms with E-state index in [2.05, 4.69) is 139 Å². The van der Waals surface area contributed by atoms with Crippen LogP contribution in [0.2, 0.25) is 0 Å². The second-order valence-corrected chi connectivity index (χ2v) is 31.2. The molecule has 12 aliphatic rings. The molecule has 0 aromatic heterocycles. The summed E-state index contributed by atoms with van der Waals surface area (Å²) in [5.74, 6) is 0. The van der Waals surface area contributed by atoms with Crippen molar-refractivity contribution in [2.45, 2.75) is 156 Å². The summed E-state index contributed by atoms with van der Waals surface area (Å²) in [4.78, 5) is 0. The predicted molar refractivity (Wildman–Crippen MR) is 227 cm³/mol. The van der Waals surface area contributed by atoms with Gasteiger partial charge in [0.05, 0.1) is 14.9 Å². The maximum atomic E-state index is 12.9. The summed E-state index contributed by atoms with van der Waals surface area (Å²) in [6.45, 7) is 38.2.